The summed E-state index contributed by atoms with van der Waals surface area (Å²) < 4.78 is 28.1. The van der Waals surface area contributed by atoms with Gasteiger partial charge in [-0.05, 0) is 43.4 Å². The molecule has 0 heterocycles. The number of benzene rings is 1. The summed E-state index contributed by atoms with van der Waals surface area (Å²) in [6, 6.07) is 5.00. The summed E-state index contributed by atoms with van der Waals surface area (Å²) in [5.74, 6) is 0.0160. The molecule has 6 heteroatoms. The second kappa shape index (κ2) is 6.98. The third kappa shape index (κ3) is 3.80. The van der Waals surface area contributed by atoms with Gasteiger partial charge in [0.15, 0.2) is 0 Å². The largest absolute Gasteiger partial charge is 0.396 e. The average Bonchev–Trinajstić information content (AvgIpc) is 2.47. The molecule has 2 atom stereocenters. The Morgan fingerprint density at radius 1 is 1.27 bits per heavy atom. The predicted octanol–water partition coefficient (Wildman–Crippen LogP) is 1.89. The number of hydrogen-bond donors (Lipinski definition) is 2. The van der Waals surface area contributed by atoms with E-state index in [1.807, 2.05) is 32.0 Å². The lowest BCUT2D eigenvalue weighted by Crippen LogP contribution is -2.43. The highest BCUT2D eigenvalue weighted by atomic mass is 32.2. The summed E-state index contributed by atoms with van der Waals surface area (Å²) >= 11 is 0. The number of anilines is 1. The molecule has 5 nitrogen and oxygen atoms in total. The van der Waals surface area contributed by atoms with Crippen molar-refractivity contribution in [3.05, 3.63) is 23.8 Å². The Morgan fingerprint density at radius 2 is 1.95 bits per heavy atom. The number of sulfonamides is 1. The van der Waals surface area contributed by atoms with E-state index in [0.717, 1.165) is 36.9 Å². The fraction of sp³-hybridized carbons (Fsp3) is 0.625. The SMILES string of the molecule is Cc1ccc(S(=O)(=O)NC2CCCCC2CO)cc1N(C)C. The van der Waals surface area contributed by atoms with Gasteiger partial charge in [0, 0.05) is 32.4 Å². The molecule has 1 fully saturated rings. The zero-order chi connectivity index (χ0) is 16.3. The Kier molecular flexibility index (Phi) is 5.47. The highest BCUT2D eigenvalue weighted by Crippen LogP contribution is 2.27. The number of nitrogens with zero attached hydrogens (tertiary/aromatic N) is 1. The van der Waals surface area contributed by atoms with Crippen LogP contribution in [0.1, 0.15) is 31.2 Å². The number of aliphatic hydroxyl groups excluding tert-OH is 1. The van der Waals surface area contributed by atoms with Gasteiger partial charge >= 0.3 is 0 Å². The van der Waals surface area contributed by atoms with Crippen LogP contribution < -0.4 is 9.62 Å². The molecule has 1 aliphatic carbocycles. The third-order valence-corrected chi connectivity index (χ3v) is 5.91. The van der Waals surface area contributed by atoms with Crippen molar-refractivity contribution in [2.75, 3.05) is 25.6 Å². The van der Waals surface area contributed by atoms with E-state index in [4.69, 9.17) is 0 Å². The van der Waals surface area contributed by atoms with Crippen molar-refractivity contribution in [3.8, 4) is 0 Å². The minimum atomic E-state index is -3.56. The number of aliphatic hydroxyl groups is 1. The van der Waals surface area contributed by atoms with Crippen molar-refractivity contribution in [3.63, 3.8) is 0 Å². The van der Waals surface area contributed by atoms with E-state index in [0.29, 0.717) is 0 Å². The van der Waals surface area contributed by atoms with E-state index in [1.54, 1.807) is 12.1 Å². The molecule has 0 bridgehead atoms. The van der Waals surface area contributed by atoms with Crippen molar-refractivity contribution >= 4 is 15.7 Å². The second-order valence-electron chi connectivity index (χ2n) is 6.30. The highest BCUT2D eigenvalue weighted by molar-refractivity contribution is 7.89. The fourth-order valence-corrected chi connectivity index (χ4v) is 4.45. The van der Waals surface area contributed by atoms with Gasteiger partial charge in [0.25, 0.3) is 0 Å². The van der Waals surface area contributed by atoms with E-state index >= 15 is 0 Å². The van der Waals surface area contributed by atoms with Crippen molar-refractivity contribution in [2.24, 2.45) is 5.92 Å². The van der Waals surface area contributed by atoms with Crippen LogP contribution in [0.5, 0.6) is 0 Å². The molecule has 0 saturated heterocycles. The Balaban J connectivity index is 2.25. The van der Waals surface area contributed by atoms with Gasteiger partial charge in [0.05, 0.1) is 4.90 Å². The molecule has 1 aliphatic rings. The van der Waals surface area contributed by atoms with Gasteiger partial charge in [0.1, 0.15) is 0 Å². The lowest BCUT2D eigenvalue weighted by atomic mass is 9.86. The molecule has 124 valence electrons. The molecule has 22 heavy (non-hydrogen) atoms. The van der Waals surface area contributed by atoms with E-state index in [2.05, 4.69) is 4.72 Å². The van der Waals surface area contributed by atoms with Crippen molar-refractivity contribution in [1.29, 1.82) is 0 Å². The number of nitrogens with one attached hydrogen (secondary N) is 1. The van der Waals surface area contributed by atoms with Crippen LogP contribution in [-0.4, -0.2) is 40.3 Å². The Hall–Kier alpha value is -1.11. The number of aryl methyl sites for hydroxylation is 1. The fourth-order valence-electron chi connectivity index (χ4n) is 3.09. The van der Waals surface area contributed by atoms with Gasteiger partial charge in [-0.2, -0.15) is 0 Å². The zero-order valence-electron chi connectivity index (χ0n) is 13.5. The molecule has 1 aromatic rings. The minimum absolute atomic E-state index is 0.0160. The van der Waals surface area contributed by atoms with E-state index < -0.39 is 10.0 Å². The van der Waals surface area contributed by atoms with Gasteiger partial charge in [-0.15, -0.1) is 0 Å². The molecule has 0 amide bonds. The van der Waals surface area contributed by atoms with Crippen LogP contribution in [0.25, 0.3) is 0 Å². The van der Waals surface area contributed by atoms with Crippen molar-refractivity contribution in [2.45, 2.75) is 43.5 Å². The maximum Gasteiger partial charge on any atom is 0.240 e. The minimum Gasteiger partial charge on any atom is -0.396 e. The molecule has 0 aromatic heterocycles. The molecule has 2 N–H and O–H groups in total. The van der Waals surface area contributed by atoms with Gasteiger partial charge < -0.3 is 10.0 Å². The van der Waals surface area contributed by atoms with Gasteiger partial charge in [-0.1, -0.05) is 18.9 Å². The maximum atomic E-state index is 12.6. The summed E-state index contributed by atoms with van der Waals surface area (Å²) in [5, 5.41) is 9.44. The van der Waals surface area contributed by atoms with Gasteiger partial charge in [0.2, 0.25) is 10.0 Å². The van der Waals surface area contributed by atoms with Crippen LogP contribution in [0, 0.1) is 12.8 Å². The Morgan fingerprint density at radius 3 is 2.59 bits per heavy atom. The molecule has 1 saturated carbocycles. The number of rotatable bonds is 5. The van der Waals surface area contributed by atoms with Crippen LogP contribution in [0.2, 0.25) is 0 Å². The molecular weight excluding hydrogens is 300 g/mol. The smallest absolute Gasteiger partial charge is 0.240 e. The first-order chi connectivity index (χ1) is 10.3. The van der Waals surface area contributed by atoms with Crippen molar-refractivity contribution < 1.29 is 13.5 Å². The first-order valence-corrected chi connectivity index (χ1v) is 9.24. The summed E-state index contributed by atoms with van der Waals surface area (Å²) in [5.41, 5.74) is 1.93. The molecule has 2 rings (SSSR count). The summed E-state index contributed by atoms with van der Waals surface area (Å²) in [6.45, 7) is 1.99. The molecule has 0 radical (unpaired) electrons. The maximum absolute atomic E-state index is 12.6. The first-order valence-electron chi connectivity index (χ1n) is 7.76. The topological polar surface area (TPSA) is 69.6 Å². The van der Waals surface area contributed by atoms with E-state index in [-0.39, 0.29) is 23.5 Å². The van der Waals surface area contributed by atoms with Crippen LogP contribution in [0.4, 0.5) is 5.69 Å². The quantitative estimate of drug-likeness (QED) is 0.867. The van der Waals surface area contributed by atoms with Gasteiger partial charge in [-0.3, -0.25) is 0 Å². The molecule has 2 unspecified atom stereocenters. The monoisotopic (exact) mass is 326 g/mol. The van der Waals surface area contributed by atoms with E-state index in [9.17, 15) is 13.5 Å². The summed E-state index contributed by atoms with van der Waals surface area (Å²) in [6.07, 6.45) is 3.72. The van der Waals surface area contributed by atoms with Gasteiger partial charge in [-0.25, -0.2) is 13.1 Å². The molecule has 0 aliphatic heterocycles. The molecule has 0 spiro atoms. The first kappa shape index (κ1) is 17.2. The summed E-state index contributed by atoms with van der Waals surface area (Å²) in [7, 11) is 0.232. The average molecular weight is 326 g/mol. The standard InChI is InChI=1S/C16H26N2O3S/c1-12-8-9-14(10-16(12)18(2)3)22(20,21)17-15-7-5-4-6-13(15)11-19/h8-10,13,15,17,19H,4-7,11H2,1-3H3. The van der Waals surface area contributed by atoms with Crippen molar-refractivity contribution in [1.82, 2.24) is 4.72 Å². The normalized spacial score (nSPS) is 22.5. The molecular formula is C16H26N2O3S. The van der Waals surface area contributed by atoms with Crippen LogP contribution in [-0.2, 0) is 10.0 Å². The number of hydrogen-bond acceptors (Lipinski definition) is 4. The zero-order valence-corrected chi connectivity index (χ0v) is 14.4. The lowest BCUT2D eigenvalue weighted by molar-refractivity contribution is 0.164. The lowest BCUT2D eigenvalue weighted by Gasteiger charge is -2.30. The van der Waals surface area contributed by atoms with Crippen LogP contribution >= 0.6 is 0 Å². The third-order valence-electron chi connectivity index (χ3n) is 4.42. The van der Waals surface area contributed by atoms with Crippen LogP contribution in [0.3, 0.4) is 0 Å². The Bertz CT molecular complexity index is 614. The summed E-state index contributed by atoms with van der Waals surface area (Å²) in [4.78, 5) is 2.19. The van der Waals surface area contributed by atoms with Crippen LogP contribution in [0.15, 0.2) is 23.1 Å². The predicted molar refractivity (Wildman–Crippen MR) is 88.7 cm³/mol. The second-order valence-corrected chi connectivity index (χ2v) is 8.01. The Labute approximate surface area is 133 Å². The highest BCUT2D eigenvalue weighted by Gasteiger charge is 2.29. The van der Waals surface area contributed by atoms with E-state index in [1.165, 1.54) is 0 Å². The molecule has 1 aromatic carbocycles.